The highest BCUT2D eigenvalue weighted by Crippen LogP contribution is 2.16. The van der Waals surface area contributed by atoms with Crippen LogP contribution in [0.5, 0.6) is 0 Å². The normalized spacial score (nSPS) is 11.3. The van der Waals surface area contributed by atoms with Crippen molar-refractivity contribution < 1.29 is 28.8 Å². The van der Waals surface area contributed by atoms with Gasteiger partial charge in [-0.05, 0) is 45.0 Å². The van der Waals surface area contributed by atoms with Crippen LogP contribution in [0, 0.1) is 24.0 Å². The number of esters is 1. The molecule has 0 aliphatic carbocycles. The molecule has 0 aliphatic heterocycles. The molecule has 0 fully saturated rings. The Morgan fingerprint density at radius 3 is 2.31 bits per heavy atom. The minimum absolute atomic E-state index is 0.00455. The van der Waals surface area contributed by atoms with E-state index < -0.39 is 35.2 Å². The zero-order valence-electron chi connectivity index (χ0n) is 19.8. The van der Waals surface area contributed by atoms with Crippen LogP contribution in [0.2, 0.25) is 0 Å². The van der Waals surface area contributed by atoms with Gasteiger partial charge in [-0.2, -0.15) is 0 Å². The average Bonchev–Trinajstić information content (AvgIpc) is 3.15. The number of amides is 2. The third kappa shape index (κ3) is 6.00. The summed E-state index contributed by atoms with van der Waals surface area (Å²) in [5.41, 5.74) is 4.25. The number of ether oxygens (including phenoxy) is 1. The number of non-ortho nitro benzene ring substituents is 1. The number of rotatable bonds is 9. The van der Waals surface area contributed by atoms with Crippen molar-refractivity contribution in [1.82, 2.24) is 9.99 Å². The molecule has 36 heavy (non-hydrogen) atoms. The largest absolute Gasteiger partial charge is 0.456 e. The first kappa shape index (κ1) is 25.8. The Balaban J connectivity index is 1.59. The van der Waals surface area contributed by atoms with Crippen LogP contribution in [0.15, 0.2) is 60.7 Å². The highest BCUT2D eigenvalue weighted by Gasteiger charge is 2.22. The van der Waals surface area contributed by atoms with Gasteiger partial charge in [0.1, 0.15) is 6.04 Å². The minimum atomic E-state index is -1.11. The van der Waals surface area contributed by atoms with E-state index in [2.05, 4.69) is 10.7 Å². The monoisotopic (exact) mass is 492 g/mol. The number of hydrogen-bond donors (Lipinski definition) is 2. The molecule has 0 saturated carbocycles. The van der Waals surface area contributed by atoms with Crippen molar-refractivity contribution in [3.63, 3.8) is 0 Å². The second kappa shape index (κ2) is 11.1. The second-order valence-corrected chi connectivity index (χ2v) is 7.96. The fourth-order valence-electron chi connectivity index (χ4n) is 3.41. The Morgan fingerprint density at radius 1 is 0.972 bits per heavy atom. The summed E-state index contributed by atoms with van der Waals surface area (Å²) in [6.07, 6.45) is 0. The SMILES string of the molecule is Cc1cc(C(=O)COC(=O)[C@H](C)NC(=O)c2cccc([N+](=O)[O-])c2)c(C)n1NC(=O)c1ccccc1. The van der Waals surface area contributed by atoms with E-state index in [1.54, 1.807) is 50.2 Å². The summed E-state index contributed by atoms with van der Waals surface area (Å²) in [4.78, 5) is 60.1. The van der Waals surface area contributed by atoms with E-state index in [4.69, 9.17) is 4.74 Å². The molecule has 2 N–H and O–H groups in total. The third-order valence-corrected chi connectivity index (χ3v) is 5.35. The van der Waals surface area contributed by atoms with Gasteiger partial charge in [0.15, 0.2) is 6.61 Å². The average molecular weight is 492 g/mol. The number of benzene rings is 2. The number of ketones is 1. The van der Waals surface area contributed by atoms with E-state index in [0.29, 0.717) is 17.0 Å². The van der Waals surface area contributed by atoms with E-state index >= 15 is 0 Å². The van der Waals surface area contributed by atoms with Gasteiger partial charge in [-0.1, -0.05) is 24.3 Å². The summed E-state index contributed by atoms with van der Waals surface area (Å²) in [6.45, 7) is 4.15. The zero-order valence-corrected chi connectivity index (χ0v) is 19.8. The van der Waals surface area contributed by atoms with Crippen LogP contribution in [0.25, 0.3) is 0 Å². The molecule has 11 heteroatoms. The molecule has 0 saturated heterocycles. The van der Waals surface area contributed by atoms with Crippen molar-refractivity contribution in [3.05, 3.63) is 98.9 Å². The lowest BCUT2D eigenvalue weighted by Gasteiger charge is -2.13. The third-order valence-electron chi connectivity index (χ3n) is 5.35. The summed E-state index contributed by atoms with van der Waals surface area (Å²) < 4.78 is 6.54. The number of hydrogen-bond acceptors (Lipinski definition) is 7. The maximum absolute atomic E-state index is 12.7. The van der Waals surface area contributed by atoms with Gasteiger partial charge in [0.25, 0.3) is 17.5 Å². The van der Waals surface area contributed by atoms with Gasteiger partial charge in [-0.15, -0.1) is 0 Å². The van der Waals surface area contributed by atoms with E-state index in [0.717, 1.165) is 6.07 Å². The summed E-state index contributed by atoms with van der Waals surface area (Å²) in [6, 6.07) is 14.1. The van der Waals surface area contributed by atoms with E-state index in [-0.39, 0.29) is 22.7 Å². The molecule has 0 spiro atoms. The van der Waals surface area contributed by atoms with Crippen LogP contribution in [-0.2, 0) is 9.53 Å². The Kier molecular flexibility index (Phi) is 7.95. The number of aromatic nitrogens is 1. The van der Waals surface area contributed by atoms with E-state index in [9.17, 15) is 29.3 Å². The lowest BCUT2D eigenvalue weighted by Crippen LogP contribution is -2.40. The molecule has 0 unspecified atom stereocenters. The van der Waals surface area contributed by atoms with Crippen molar-refractivity contribution in [2.75, 3.05) is 12.0 Å². The van der Waals surface area contributed by atoms with Crippen LogP contribution >= 0.6 is 0 Å². The minimum Gasteiger partial charge on any atom is -0.456 e. The molecule has 3 aromatic rings. The second-order valence-electron chi connectivity index (χ2n) is 7.96. The van der Waals surface area contributed by atoms with Crippen molar-refractivity contribution in [3.8, 4) is 0 Å². The summed E-state index contributed by atoms with van der Waals surface area (Å²) in [5.74, 6) is -2.40. The Bertz CT molecular complexity index is 1330. The molecular weight excluding hydrogens is 468 g/mol. The first-order chi connectivity index (χ1) is 17.1. The first-order valence-electron chi connectivity index (χ1n) is 10.9. The Hall–Kier alpha value is -4.80. The van der Waals surface area contributed by atoms with Crippen LogP contribution in [0.4, 0.5) is 5.69 Å². The van der Waals surface area contributed by atoms with Crippen molar-refractivity contribution in [2.45, 2.75) is 26.8 Å². The lowest BCUT2D eigenvalue weighted by molar-refractivity contribution is -0.384. The van der Waals surface area contributed by atoms with Gasteiger partial charge in [0, 0.05) is 40.2 Å². The van der Waals surface area contributed by atoms with Gasteiger partial charge in [-0.3, -0.25) is 34.6 Å². The number of nitro benzene ring substituents is 1. The fraction of sp³-hybridized carbons (Fsp3) is 0.200. The Morgan fingerprint density at radius 2 is 1.64 bits per heavy atom. The molecule has 1 heterocycles. The number of carbonyl (C=O) groups excluding carboxylic acids is 4. The molecule has 2 amide bonds. The van der Waals surface area contributed by atoms with Gasteiger partial charge >= 0.3 is 5.97 Å². The van der Waals surface area contributed by atoms with Gasteiger partial charge in [0.05, 0.1) is 4.92 Å². The number of nitrogens with zero attached hydrogens (tertiary/aromatic N) is 2. The molecule has 0 radical (unpaired) electrons. The van der Waals surface area contributed by atoms with Crippen LogP contribution in [0.3, 0.4) is 0 Å². The standard InChI is InChI=1S/C25H24N4O7/c1-15-12-21(17(3)28(15)27-24(32)18-8-5-4-6-9-18)22(30)14-36-25(33)16(2)26-23(31)19-10-7-11-20(13-19)29(34)35/h4-13,16H,14H2,1-3H3,(H,26,31)(H,27,32)/t16-/m0/s1. The topological polar surface area (TPSA) is 150 Å². The predicted molar refractivity (Wildman–Crippen MR) is 129 cm³/mol. The number of aryl methyl sites for hydroxylation is 1. The van der Waals surface area contributed by atoms with Gasteiger partial charge < -0.3 is 10.1 Å². The molecule has 3 rings (SSSR count). The molecule has 1 aromatic heterocycles. The first-order valence-corrected chi connectivity index (χ1v) is 10.9. The van der Waals surface area contributed by atoms with Crippen molar-refractivity contribution in [1.29, 1.82) is 0 Å². The van der Waals surface area contributed by atoms with Crippen LogP contribution in [0.1, 0.15) is 49.4 Å². The summed E-state index contributed by atoms with van der Waals surface area (Å²) in [7, 11) is 0. The predicted octanol–water partition coefficient (Wildman–Crippen LogP) is 2.94. The maximum Gasteiger partial charge on any atom is 0.328 e. The lowest BCUT2D eigenvalue weighted by atomic mass is 10.1. The molecule has 186 valence electrons. The van der Waals surface area contributed by atoms with Crippen LogP contribution < -0.4 is 10.7 Å². The zero-order chi connectivity index (χ0) is 26.4. The van der Waals surface area contributed by atoms with E-state index in [1.165, 1.54) is 29.8 Å². The smallest absolute Gasteiger partial charge is 0.328 e. The quantitative estimate of drug-likeness (QED) is 0.202. The highest BCUT2D eigenvalue weighted by atomic mass is 16.6. The molecular formula is C25H24N4O7. The summed E-state index contributed by atoms with van der Waals surface area (Å²) in [5, 5.41) is 13.3. The molecule has 0 bridgehead atoms. The molecule has 11 nitrogen and oxygen atoms in total. The van der Waals surface area contributed by atoms with Crippen LogP contribution in [-0.4, -0.2) is 45.8 Å². The fourth-order valence-corrected chi connectivity index (χ4v) is 3.41. The maximum atomic E-state index is 12.7. The highest BCUT2D eigenvalue weighted by molar-refractivity contribution is 6.02. The number of carbonyl (C=O) groups is 4. The number of nitro groups is 1. The van der Waals surface area contributed by atoms with Crippen molar-refractivity contribution in [2.24, 2.45) is 0 Å². The molecule has 0 aliphatic rings. The molecule has 2 aromatic carbocycles. The molecule has 1 atom stereocenters. The van der Waals surface area contributed by atoms with Gasteiger partial charge in [0.2, 0.25) is 5.78 Å². The van der Waals surface area contributed by atoms with E-state index in [1.807, 2.05) is 0 Å². The van der Waals surface area contributed by atoms with Crippen molar-refractivity contribution >= 4 is 29.3 Å². The number of nitrogens with one attached hydrogen (secondary N) is 2. The van der Waals surface area contributed by atoms with Gasteiger partial charge in [-0.25, -0.2) is 4.79 Å². The number of Topliss-reactive ketones (excluding diaryl/α,β-unsaturated/α-hetero) is 1. The Labute approximate surface area is 206 Å². The summed E-state index contributed by atoms with van der Waals surface area (Å²) >= 11 is 0.